The van der Waals surface area contributed by atoms with Gasteiger partial charge in [-0.2, -0.15) is 0 Å². The second-order valence-corrected chi connectivity index (χ2v) is 4.20. The van der Waals surface area contributed by atoms with Crippen molar-refractivity contribution in [2.75, 3.05) is 13.6 Å². The molecule has 16 heavy (non-hydrogen) atoms. The van der Waals surface area contributed by atoms with Gasteiger partial charge >= 0.3 is 0 Å². The molecular formula is C15H19N. The largest absolute Gasteiger partial charge is 0.316 e. The molecule has 1 aromatic rings. The number of hydrogen-bond acceptors (Lipinski definition) is 1. The van der Waals surface area contributed by atoms with Crippen molar-refractivity contribution in [1.29, 1.82) is 0 Å². The average Bonchev–Trinajstić information content (AvgIpc) is 2.69. The maximum absolute atomic E-state index is 3.17. The van der Waals surface area contributed by atoms with Gasteiger partial charge in [0.25, 0.3) is 0 Å². The number of fused-ring (bicyclic) bond motifs is 1. The van der Waals surface area contributed by atoms with Gasteiger partial charge in [-0.05, 0) is 55.1 Å². The molecule has 0 unspecified atom stereocenters. The van der Waals surface area contributed by atoms with E-state index in [2.05, 4.69) is 48.7 Å². The Kier molecular flexibility index (Phi) is 3.58. The van der Waals surface area contributed by atoms with E-state index in [-0.39, 0.29) is 0 Å². The molecule has 1 aliphatic carbocycles. The molecule has 1 heteroatoms. The van der Waals surface area contributed by atoms with Crippen LogP contribution in [0.15, 0.2) is 30.4 Å². The van der Waals surface area contributed by atoms with E-state index in [0.29, 0.717) is 0 Å². The van der Waals surface area contributed by atoms with Gasteiger partial charge in [0.1, 0.15) is 0 Å². The van der Waals surface area contributed by atoms with E-state index in [0.717, 1.165) is 6.54 Å². The lowest BCUT2D eigenvalue weighted by Gasteiger charge is -2.03. The molecule has 0 saturated carbocycles. The van der Waals surface area contributed by atoms with Crippen LogP contribution in [0.1, 0.15) is 30.0 Å². The van der Waals surface area contributed by atoms with E-state index < -0.39 is 0 Å². The Bertz CT molecular complexity index is 427. The fourth-order valence-corrected chi connectivity index (χ4v) is 2.25. The summed E-state index contributed by atoms with van der Waals surface area (Å²) in [5, 5.41) is 3.17. The lowest BCUT2D eigenvalue weighted by Crippen LogP contribution is -2.04. The highest BCUT2D eigenvalue weighted by atomic mass is 14.8. The standard InChI is InChI=1S/C15H19N/c1-3-4-12-5-6-13-7-8-14(9-10-16-2)15(13)11-12/h3-6,9,11,16H,7-8,10H2,1-2H3/b4-3+,14-9+. The smallest absolute Gasteiger partial charge is 0.0137 e. The van der Waals surface area contributed by atoms with E-state index in [9.17, 15) is 0 Å². The third-order valence-electron chi connectivity index (χ3n) is 3.06. The maximum Gasteiger partial charge on any atom is 0.0137 e. The normalized spacial score (nSPS) is 17.2. The number of likely N-dealkylation sites (N-methyl/N-ethyl adjacent to an activating group) is 1. The van der Waals surface area contributed by atoms with Crippen molar-refractivity contribution in [1.82, 2.24) is 5.32 Å². The number of allylic oxidation sites excluding steroid dienone is 2. The molecule has 0 fully saturated rings. The highest BCUT2D eigenvalue weighted by Gasteiger charge is 2.15. The summed E-state index contributed by atoms with van der Waals surface area (Å²) in [4.78, 5) is 0. The molecule has 0 radical (unpaired) electrons. The van der Waals surface area contributed by atoms with E-state index in [1.165, 1.54) is 35.1 Å². The lowest BCUT2D eigenvalue weighted by atomic mass is 10.0. The van der Waals surface area contributed by atoms with Crippen LogP contribution in [-0.4, -0.2) is 13.6 Å². The molecule has 0 amide bonds. The molecule has 0 atom stereocenters. The summed E-state index contributed by atoms with van der Waals surface area (Å²) in [6, 6.07) is 6.79. The summed E-state index contributed by atoms with van der Waals surface area (Å²) in [5.41, 5.74) is 5.75. The van der Waals surface area contributed by atoms with Crippen molar-refractivity contribution in [3.8, 4) is 0 Å². The zero-order valence-electron chi connectivity index (χ0n) is 10.1. The maximum atomic E-state index is 3.17. The quantitative estimate of drug-likeness (QED) is 0.812. The van der Waals surface area contributed by atoms with Crippen molar-refractivity contribution in [3.63, 3.8) is 0 Å². The second kappa shape index (κ2) is 5.13. The minimum Gasteiger partial charge on any atom is -0.316 e. The van der Waals surface area contributed by atoms with Crippen LogP contribution in [0.2, 0.25) is 0 Å². The Morgan fingerprint density at radius 3 is 2.94 bits per heavy atom. The van der Waals surface area contributed by atoms with Crippen LogP contribution in [-0.2, 0) is 6.42 Å². The Morgan fingerprint density at radius 1 is 1.31 bits per heavy atom. The number of hydrogen-bond donors (Lipinski definition) is 1. The third-order valence-corrected chi connectivity index (χ3v) is 3.06. The van der Waals surface area contributed by atoms with E-state index in [1.54, 1.807) is 0 Å². The van der Waals surface area contributed by atoms with Crippen LogP contribution in [0, 0.1) is 0 Å². The summed E-state index contributed by atoms with van der Waals surface area (Å²) in [7, 11) is 1.99. The molecule has 84 valence electrons. The zero-order chi connectivity index (χ0) is 11.4. The Hall–Kier alpha value is -1.34. The van der Waals surface area contributed by atoms with Crippen LogP contribution in [0.5, 0.6) is 0 Å². The predicted molar refractivity (Wildman–Crippen MR) is 71.4 cm³/mol. The Balaban J connectivity index is 2.33. The summed E-state index contributed by atoms with van der Waals surface area (Å²) in [6.07, 6.45) is 8.95. The first-order valence-electron chi connectivity index (χ1n) is 5.94. The van der Waals surface area contributed by atoms with Crippen LogP contribution >= 0.6 is 0 Å². The minimum atomic E-state index is 0.961. The van der Waals surface area contributed by atoms with Gasteiger partial charge in [0.15, 0.2) is 0 Å². The van der Waals surface area contributed by atoms with Crippen LogP contribution in [0.4, 0.5) is 0 Å². The summed E-state index contributed by atoms with van der Waals surface area (Å²) >= 11 is 0. The number of benzene rings is 1. The van der Waals surface area contributed by atoms with Gasteiger partial charge in [-0.1, -0.05) is 30.4 Å². The SMILES string of the molecule is C/C=C/c1ccc2c(c1)/C(=C/CNC)CC2. The molecule has 0 aromatic heterocycles. The molecule has 1 nitrogen and oxygen atoms in total. The third kappa shape index (κ3) is 2.25. The van der Waals surface area contributed by atoms with Crippen molar-refractivity contribution in [3.05, 3.63) is 47.0 Å². The summed E-state index contributed by atoms with van der Waals surface area (Å²) < 4.78 is 0. The highest BCUT2D eigenvalue weighted by molar-refractivity contribution is 5.74. The van der Waals surface area contributed by atoms with Crippen molar-refractivity contribution >= 4 is 11.6 Å². The molecule has 0 bridgehead atoms. The zero-order valence-corrected chi connectivity index (χ0v) is 10.1. The first kappa shape index (κ1) is 11.2. The Morgan fingerprint density at radius 2 is 2.19 bits per heavy atom. The second-order valence-electron chi connectivity index (χ2n) is 4.20. The molecule has 2 rings (SSSR count). The predicted octanol–water partition coefficient (Wildman–Crippen LogP) is 3.27. The lowest BCUT2D eigenvalue weighted by molar-refractivity contribution is 0.917. The molecule has 1 aliphatic rings. The average molecular weight is 213 g/mol. The van der Waals surface area contributed by atoms with Crippen molar-refractivity contribution < 1.29 is 0 Å². The van der Waals surface area contributed by atoms with Crippen LogP contribution in [0.25, 0.3) is 11.6 Å². The highest BCUT2D eigenvalue weighted by Crippen LogP contribution is 2.32. The monoisotopic (exact) mass is 213 g/mol. The number of rotatable bonds is 3. The van der Waals surface area contributed by atoms with Crippen LogP contribution < -0.4 is 5.32 Å². The van der Waals surface area contributed by atoms with Crippen molar-refractivity contribution in [2.45, 2.75) is 19.8 Å². The summed E-state index contributed by atoms with van der Waals surface area (Å²) in [6.45, 7) is 3.02. The fourth-order valence-electron chi connectivity index (χ4n) is 2.25. The molecule has 0 saturated heterocycles. The molecule has 0 aliphatic heterocycles. The molecule has 1 aromatic carbocycles. The van der Waals surface area contributed by atoms with Gasteiger partial charge in [-0.3, -0.25) is 0 Å². The van der Waals surface area contributed by atoms with E-state index in [4.69, 9.17) is 0 Å². The van der Waals surface area contributed by atoms with Gasteiger partial charge in [0.2, 0.25) is 0 Å². The van der Waals surface area contributed by atoms with E-state index in [1.807, 2.05) is 7.05 Å². The topological polar surface area (TPSA) is 12.0 Å². The van der Waals surface area contributed by atoms with Gasteiger partial charge in [0, 0.05) is 6.54 Å². The molecule has 1 N–H and O–H groups in total. The number of nitrogens with one attached hydrogen (secondary N) is 1. The van der Waals surface area contributed by atoms with Crippen molar-refractivity contribution in [2.24, 2.45) is 0 Å². The minimum absolute atomic E-state index is 0.961. The van der Waals surface area contributed by atoms with Crippen LogP contribution in [0.3, 0.4) is 0 Å². The molecule has 0 spiro atoms. The Labute approximate surface area is 97.9 Å². The van der Waals surface area contributed by atoms with Gasteiger partial charge in [-0.15, -0.1) is 0 Å². The van der Waals surface area contributed by atoms with Gasteiger partial charge in [-0.25, -0.2) is 0 Å². The van der Waals surface area contributed by atoms with E-state index >= 15 is 0 Å². The fraction of sp³-hybridized carbons (Fsp3) is 0.333. The van der Waals surface area contributed by atoms with Gasteiger partial charge < -0.3 is 5.32 Å². The number of aryl methyl sites for hydroxylation is 1. The molecule has 0 heterocycles. The van der Waals surface area contributed by atoms with Gasteiger partial charge in [0.05, 0.1) is 0 Å². The first-order chi connectivity index (χ1) is 7.85. The first-order valence-corrected chi connectivity index (χ1v) is 5.94. The molecular weight excluding hydrogens is 194 g/mol. The summed E-state index contributed by atoms with van der Waals surface area (Å²) in [5.74, 6) is 0.